The summed E-state index contributed by atoms with van der Waals surface area (Å²) in [5.74, 6) is 0. The predicted octanol–water partition coefficient (Wildman–Crippen LogP) is 6.92. The summed E-state index contributed by atoms with van der Waals surface area (Å²) in [7, 11) is -4.47. The molecule has 0 aliphatic heterocycles. The standard InChI is InChI=1S/C29H33N3O3S/c1-5-7-12-18-29(3,4)22-19-21(13-6-2)28(23-14-8-11-17-27(23)36(33,34)35)26(20-22)32-30-24-15-9-10-16-25(24)31-32/h6,8-11,14-17,19-20H,2,5,7,12-13,18H2,1,3-4H3,(H,33,34,35). The van der Waals surface area contributed by atoms with Gasteiger partial charge in [-0.1, -0.05) is 82.5 Å². The number of nitrogens with zero attached hydrogens (tertiary/aromatic N) is 3. The van der Waals surface area contributed by atoms with Gasteiger partial charge in [0.05, 0.1) is 5.69 Å². The molecule has 0 bridgehead atoms. The second kappa shape index (κ2) is 10.4. The minimum absolute atomic E-state index is 0.118. The quantitative estimate of drug-likeness (QED) is 0.144. The number of benzene rings is 3. The molecule has 6 nitrogen and oxygen atoms in total. The van der Waals surface area contributed by atoms with E-state index in [1.807, 2.05) is 24.3 Å². The molecule has 188 valence electrons. The number of unbranched alkanes of at least 4 members (excludes halogenated alkanes) is 2. The fraction of sp³-hybridized carbons (Fsp3) is 0.310. The van der Waals surface area contributed by atoms with Crippen molar-refractivity contribution in [2.24, 2.45) is 0 Å². The van der Waals surface area contributed by atoms with Gasteiger partial charge in [0.25, 0.3) is 10.1 Å². The van der Waals surface area contributed by atoms with Crippen LogP contribution in [-0.2, 0) is 22.0 Å². The van der Waals surface area contributed by atoms with Crippen LogP contribution in [0, 0.1) is 0 Å². The van der Waals surface area contributed by atoms with Gasteiger partial charge in [-0.25, -0.2) is 0 Å². The van der Waals surface area contributed by atoms with Crippen LogP contribution in [0.5, 0.6) is 0 Å². The molecule has 3 aromatic carbocycles. The highest BCUT2D eigenvalue weighted by molar-refractivity contribution is 7.86. The van der Waals surface area contributed by atoms with Crippen LogP contribution in [0.4, 0.5) is 0 Å². The highest BCUT2D eigenvalue weighted by atomic mass is 32.2. The zero-order valence-corrected chi connectivity index (χ0v) is 21.9. The molecule has 0 fully saturated rings. The second-order valence-electron chi connectivity index (χ2n) is 9.81. The van der Waals surface area contributed by atoms with Gasteiger partial charge < -0.3 is 0 Å². The normalized spacial score (nSPS) is 12.2. The number of rotatable bonds is 10. The van der Waals surface area contributed by atoms with Gasteiger partial charge in [-0.15, -0.1) is 21.6 Å². The average molecular weight is 504 g/mol. The molecule has 0 radical (unpaired) electrons. The van der Waals surface area contributed by atoms with Crippen molar-refractivity contribution >= 4 is 21.2 Å². The molecule has 0 aliphatic rings. The van der Waals surface area contributed by atoms with Crippen LogP contribution in [0.2, 0.25) is 0 Å². The molecular formula is C29H33N3O3S. The summed E-state index contributed by atoms with van der Waals surface area (Å²) >= 11 is 0. The lowest BCUT2D eigenvalue weighted by Crippen LogP contribution is -2.19. The van der Waals surface area contributed by atoms with Crippen molar-refractivity contribution in [1.82, 2.24) is 15.0 Å². The summed E-state index contributed by atoms with van der Waals surface area (Å²) in [5.41, 5.74) is 5.13. The minimum Gasteiger partial charge on any atom is -0.282 e. The SMILES string of the molecule is C=CCc1cc(C(C)(C)CCCCC)cc(-n2nc3ccccc3n2)c1-c1ccccc1S(=O)(=O)O. The van der Waals surface area contributed by atoms with E-state index in [0.29, 0.717) is 23.2 Å². The van der Waals surface area contributed by atoms with Crippen LogP contribution < -0.4 is 0 Å². The second-order valence-corrected chi connectivity index (χ2v) is 11.2. The van der Waals surface area contributed by atoms with Gasteiger partial charge in [0, 0.05) is 11.1 Å². The van der Waals surface area contributed by atoms with E-state index in [9.17, 15) is 13.0 Å². The van der Waals surface area contributed by atoms with E-state index in [1.165, 1.54) is 12.5 Å². The average Bonchev–Trinajstić information content (AvgIpc) is 3.28. The third-order valence-corrected chi connectivity index (χ3v) is 7.60. The first-order valence-corrected chi connectivity index (χ1v) is 13.8. The van der Waals surface area contributed by atoms with Gasteiger partial charge in [-0.3, -0.25) is 4.55 Å². The predicted molar refractivity (Wildman–Crippen MR) is 145 cm³/mol. The van der Waals surface area contributed by atoms with E-state index >= 15 is 0 Å². The lowest BCUT2D eigenvalue weighted by atomic mass is 9.78. The van der Waals surface area contributed by atoms with Crippen LogP contribution >= 0.6 is 0 Å². The summed E-state index contributed by atoms with van der Waals surface area (Å²) in [6.07, 6.45) is 6.78. The fourth-order valence-electron chi connectivity index (χ4n) is 4.69. The molecule has 0 aliphatic carbocycles. The first kappa shape index (κ1) is 25.8. The highest BCUT2D eigenvalue weighted by Crippen LogP contribution is 2.40. The smallest absolute Gasteiger partial charge is 0.282 e. The lowest BCUT2D eigenvalue weighted by Gasteiger charge is -2.28. The Labute approximate surface area is 213 Å². The van der Waals surface area contributed by atoms with Gasteiger partial charge in [0.2, 0.25) is 0 Å². The summed E-state index contributed by atoms with van der Waals surface area (Å²) in [6.45, 7) is 10.6. The van der Waals surface area contributed by atoms with E-state index in [0.717, 1.165) is 41.4 Å². The topological polar surface area (TPSA) is 85.1 Å². The van der Waals surface area contributed by atoms with Crippen LogP contribution in [0.3, 0.4) is 0 Å². The Balaban J connectivity index is 2.05. The molecule has 0 unspecified atom stereocenters. The molecule has 4 aromatic rings. The van der Waals surface area contributed by atoms with Crippen molar-refractivity contribution in [3.63, 3.8) is 0 Å². The molecule has 0 saturated carbocycles. The number of allylic oxidation sites excluding steroid dienone is 1. The van der Waals surface area contributed by atoms with Crippen molar-refractivity contribution in [1.29, 1.82) is 0 Å². The van der Waals surface area contributed by atoms with Crippen molar-refractivity contribution in [3.05, 3.63) is 84.4 Å². The zero-order chi connectivity index (χ0) is 25.9. The van der Waals surface area contributed by atoms with E-state index in [1.54, 1.807) is 29.1 Å². The van der Waals surface area contributed by atoms with Crippen LogP contribution in [0.25, 0.3) is 27.8 Å². The Bertz CT molecular complexity index is 1470. The van der Waals surface area contributed by atoms with Gasteiger partial charge in [0.1, 0.15) is 15.9 Å². The van der Waals surface area contributed by atoms with Crippen molar-refractivity contribution in [2.75, 3.05) is 0 Å². The van der Waals surface area contributed by atoms with E-state index in [2.05, 4.69) is 39.5 Å². The molecule has 1 heterocycles. The third-order valence-electron chi connectivity index (χ3n) is 6.69. The first-order chi connectivity index (χ1) is 17.2. The van der Waals surface area contributed by atoms with Crippen LogP contribution in [-0.4, -0.2) is 28.0 Å². The Morgan fingerprint density at radius 3 is 2.25 bits per heavy atom. The molecule has 1 aromatic heterocycles. The maximum atomic E-state index is 12.4. The largest absolute Gasteiger partial charge is 0.295 e. The number of fused-ring (bicyclic) bond motifs is 1. The molecule has 0 saturated heterocycles. The summed E-state index contributed by atoms with van der Waals surface area (Å²) in [5, 5.41) is 9.46. The molecule has 1 N–H and O–H groups in total. The fourth-order valence-corrected chi connectivity index (χ4v) is 5.39. The Kier molecular flexibility index (Phi) is 7.43. The highest BCUT2D eigenvalue weighted by Gasteiger charge is 2.27. The summed E-state index contributed by atoms with van der Waals surface area (Å²) < 4.78 is 34.8. The lowest BCUT2D eigenvalue weighted by molar-refractivity contribution is 0.449. The summed E-state index contributed by atoms with van der Waals surface area (Å²) in [4.78, 5) is 1.43. The Morgan fingerprint density at radius 2 is 1.64 bits per heavy atom. The van der Waals surface area contributed by atoms with Gasteiger partial charge in [0.15, 0.2) is 0 Å². The zero-order valence-electron chi connectivity index (χ0n) is 21.1. The minimum atomic E-state index is -4.47. The monoisotopic (exact) mass is 503 g/mol. The summed E-state index contributed by atoms with van der Waals surface area (Å²) in [6, 6.07) is 18.3. The van der Waals surface area contributed by atoms with Crippen molar-refractivity contribution < 1.29 is 13.0 Å². The third kappa shape index (κ3) is 5.27. The molecular weight excluding hydrogens is 470 g/mol. The molecule has 0 amide bonds. The molecule has 0 atom stereocenters. The molecule has 4 rings (SSSR count). The van der Waals surface area contributed by atoms with Crippen LogP contribution in [0.15, 0.2) is 78.2 Å². The van der Waals surface area contributed by atoms with E-state index in [4.69, 9.17) is 10.2 Å². The van der Waals surface area contributed by atoms with Gasteiger partial charge >= 0.3 is 0 Å². The number of aromatic nitrogens is 3. The molecule has 36 heavy (non-hydrogen) atoms. The van der Waals surface area contributed by atoms with Gasteiger partial charge in [-0.2, -0.15) is 8.42 Å². The van der Waals surface area contributed by atoms with Gasteiger partial charge in [-0.05, 0) is 53.6 Å². The van der Waals surface area contributed by atoms with Crippen LogP contribution in [0.1, 0.15) is 57.6 Å². The van der Waals surface area contributed by atoms with Crippen molar-refractivity contribution in [2.45, 2.75) is 63.2 Å². The molecule has 7 heteroatoms. The Morgan fingerprint density at radius 1 is 1.00 bits per heavy atom. The number of hydrogen-bond donors (Lipinski definition) is 1. The maximum absolute atomic E-state index is 12.4. The first-order valence-electron chi connectivity index (χ1n) is 12.3. The molecule has 0 spiro atoms. The van der Waals surface area contributed by atoms with Crippen molar-refractivity contribution in [3.8, 4) is 16.8 Å². The maximum Gasteiger partial charge on any atom is 0.295 e. The Hall–Kier alpha value is -3.29. The van der Waals surface area contributed by atoms with E-state index in [-0.39, 0.29) is 10.3 Å². The van der Waals surface area contributed by atoms with E-state index < -0.39 is 10.1 Å². The number of hydrogen-bond acceptors (Lipinski definition) is 4.